The van der Waals surface area contributed by atoms with E-state index in [0.29, 0.717) is 0 Å². The van der Waals surface area contributed by atoms with Crippen molar-refractivity contribution in [3.8, 4) is 24.3 Å². The zero-order chi connectivity index (χ0) is 26.5. The van der Waals surface area contributed by atoms with Crippen molar-refractivity contribution in [2.75, 3.05) is 31.9 Å². The summed E-state index contributed by atoms with van der Waals surface area (Å²) in [6.07, 6.45) is -1.97. The molecule has 0 aliphatic rings. The summed E-state index contributed by atoms with van der Waals surface area (Å²) in [6, 6.07) is 6.22. The Morgan fingerprint density at radius 1 is 0.500 bits per heavy atom. The summed E-state index contributed by atoms with van der Waals surface area (Å²) in [5, 5.41) is 34.5. The summed E-state index contributed by atoms with van der Waals surface area (Å²) in [7, 11) is -22.0. The number of hydrogen-bond donors (Lipinski definition) is 4. The molecule has 190 valence electrons. The second kappa shape index (κ2) is 13.5. The van der Waals surface area contributed by atoms with Crippen molar-refractivity contribution in [1.29, 1.82) is 21.0 Å². The van der Waals surface area contributed by atoms with Gasteiger partial charge in [0.25, 0.3) is 30.1 Å². The molecule has 0 fully saturated rings. The van der Waals surface area contributed by atoms with E-state index in [-0.39, 0.29) is 0 Å². The number of nitriles is 4. The fourth-order valence-corrected chi connectivity index (χ4v) is 12.8. The number of hydrogen-bond acceptors (Lipinski definition) is 12. The van der Waals surface area contributed by atoms with Crippen LogP contribution < -0.4 is 18.9 Å². The van der Waals surface area contributed by atoms with Crippen molar-refractivity contribution < 1.29 is 33.7 Å². The highest BCUT2D eigenvalue weighted by Crippen LogP contribution is 2.31. The largest absolute Gasteiger partial charge is 0.328 e. The molecule has 4 N–H and O–H groups in total. The average Bonchev–Trinajstić information content (AvgIpc) is 2.72. The van der Waals surface area contributed by atoms with Gasteiger partial charge in [-0.1, -0.05) is 0 Å². The van der Waals surface area contributed by atoms with E-state index in [4.69, 9.17) is 21.0 Å². The van der Waals surface area contributed by atoms with Crippen LogP contribution in [-0.2, 0) is 40.1 Å². The summed E-state index contributed by atoms with van der Waals surface area (Å²) in [5.41, 5.74) is 0. The van der Waals surface area contributed by atoms with Crippen molar-refractivity contribution >= 4 is 40.1 Å². The van der Waals surface area contributed by atoms with E-state index in [2.05, 4.69) is 0 Å². The Bertz CT molecular complexity index is 1180. The second-order valence-electron chi connectivity index (χ2n) is 6.16. The smallest absolute Gasteiger partial charge is 0.214 e. The van der Waals surface area contributed by atoms with Crippen LogP contribution in [-0.4, -0.2) is 69.0 Å². The lowest BCUT2D eigenvalue weighted by Gasteiger charge is -2.32. The molecule has 0 saturated carbocycles. The van der Waals surface area contributed by atoms with Gasteiger partial charge >= 0.3 is 3.41 Å². The maximum atomic E-state index is 13.2. The first kappa shape index (κ1) is 31.6. The predicted molar refractivity (Wildman–Crippen MR) is 116 cm³/mol. The minimum absolute atomic E-state index is 0.403. The maximum Gasteiger partial charge on any atom is 0.328 e. The Labute approximate surface area is 198 Å². The van der Waals surface area contributed by atoms with Crippen LogP contribution in [0.25, 0.3) is 0 Å². The molecule has 0 saturated heterocycles. The van der Waals surface area contributed by atoms with Gasteiger partial charge in [-0.15, -0.1) is 0 Å². The molecule has 0 spiro atoms. The molecule has 0 atom stereocenters. The van der Waals surface area contributed by atoms with Gasteiger partial charge in [-0.25, -0.2) is 52.6 Å². The number of nitrogens with one attached hydrogen (secondary N) is 4. The van der Waals surface area contributed by atoms with Crippen LogP contribution in [0.5, 0.6) is 0 Å². The van der Waals surface area contributed by atoms with E-state index in [1.807, 2.05) is 0 Å². The zero-order valence-electron chi connectivity index (χ0n) is 17.6. The lowest BCUT2D eigenvalue weighted by molar-refractivity contribution is 0.530. The molecule has 0 aliphatic heterocycles. The monoisotopic (exact) mass is 558 g/mol. The van der Waals surface area contributed by atoms with Gasteiger partial charge in [-0.2, -0.15) is 21.0 Å². The first-order valence-electron chi connectivity index (χ1n) is 9.13. The van der Waals surface area contributed by atoms with Crippen LogP contribution in [0.4, 0.5) is 0 Å². The molecular weight excluding hydrogens is 536 g/mol. The van der Waals surface area contributed by atoms with Crippen LogP contribution >= 0.6 is 0 Å². The van der Waals surface area contributed by atoms with Crippen LogP contribution in [0.2, 0.25) is 0 Å². The predicted octanol–water partition coefficient (Wildman–Crippen LogP) is -3.03. The number of nitrogens with zero attached hydrogens (tertiary/aromatic N) is 4. The molecule has 0 bridgehead atoms. The second-order valence-corrected chi connectivity index (χ2v) is 14.7. The van der Waals surface area contributed by atoms with E-state index in [0.717, 1.165) is 0 Å². The molecule has 0 aliphatic carbocycles. The number of sulfonamides is 4. The third kappa shape index (κ3) is 8.12. The lowest BCUT2D eigenvalue weighted by Crippen LogP contribution is -2.67. The molecule has 34 heavy (non-hydrogen) atoms. The zero-order valence-corrected chi connectivity index (χ0v) is 20.8. The third-order valence-corrected chi connectivity index (χ3v) is 14.3. The summed E-state index contributed by atoms with van der Waals surface area (Å²) < 4.78 is 107. The minimum Gasteiger partial charge on any atom is -0.214 e. The van der Waals surface area contributed by atoms with E-state index in [9.17, 15) is 33.7 Å². The van der Waals surface area contributed by atoms with Crippen LogP contribution in [0, 0.1) is 45.3 Å². The maximum absolute atomic E-state index is 13.2. The fraction of sp³-hybridized carbons (Fsp3) is 0.714. The highest BCUT2D eigenvalue weighted by atomic mass is 32.3. The van der Waals surface area contributed by atoms with Crippen molar-refractivity contribution in [1.82, 2.24) is 18.9 Å². The summed E-state index contributed by atoms with van der Waals surface area (Å²) >= 11 is 0. The number of rotatable bonds is 17. The van der Waals surface area contributed by atoms with Crippen LogP contribution in [0.3, 0.4) is 0 Å². The SMILES string of the molecule is N#CCCNS(=O)(=O)CC(S(=O)(=O)NCCC#N)(S(=O)(=O)NCCC#N)S(=O)(=O)NCCC#N. The fourth-order valence-electron chi connectivity index (χ4n) is 2.27. The minimum atomic E-state index is -5.66. The Kier molecular flexibility index (Phi) is 12.5. The van der Waals surface area contributed by atoms with Gasteiger partial charge in [0.1, 0.15) is 5.75 Å². The third-order valence-electron chi connectivity index (χ3n) is 3.74. The Morgan fingerprint density at radius 2 is 0.765 bits per heavy atom. The first-order valence-corrected chi connectivity index (χ1v) is 15.2. The lowest BCUT2D eigenvalue weighted by atomic mass is 10.5. The molecule has 0 unspecified atom stereocenters. The van der Waals surface area contributed by atoms with Gasteiger partial charge in [0.05, 0.1) is 24.3 Å². The molecule has 0 rings (SSSR count). The van der Waals surface area contributed by atoms with Crippen LogP contribution in [0.1, 0.15) is 25.7 Å². The summed E-state index contributed by atoms with van der Waals surface area (Å²) in [4.78, 5) is 0. The Hall–Kier alpha value is -2.40. The molecule has 0 heterocycles. The van der Waals surface area contributed by atoms with Gasteiger partial charge in [-0.05, 0) is 0 Å². The van der Waals surface area contributed by atoms with Crippen molar-refractivity contribution in [2.24, 2.45) is 0 Å². The standard InChI is InChI=1S/C14H22N8O8S4/c15-5-1-9-19-31(23,24)13-14(32(25,26)20-10-2-6-16,33(27,28)21-11-3-7-17)34(29,30)22-12-4-8-18/h19-22H,1-4,9-13H2. The molecule has 0 amide bonds. The highest BCUT2D eigenvalue weighted by Gasteiger charge is 2.67. The highest BCUT2D eigenvalue weighted by molar-refractivity contribution is 8.25. The van der Waals surface area contributed by atoms with Crippen molar-refractivity contribution in [2.45, 2.75) is 29.1 Å². The molecule has 0 aromatic rings. The molecule has 0 aromatic carbocycles. The summed E-state index contributed by atoms with van der Waals surface area (Å²) in [6.45, 7) is -2.86. The van der Waals surface area contributed by atoms with Gasteiger partial charge in [0.2, 0.25) is 10.0 Å². The summed E-state index contributed by atoms with van der Waals surface area (Å²) in [5.74, 6) is -2.07. The molecular formula is C14H22N8O8S4. The van der Waals surface area contributed by atoms with Gasteiger partial charge in [-0.3, -0.25) is 0 Å². The quantitative estimate of drug-likeness (QED) is 0.130. The average molecular weight is 559 g/mol. The first-order chi connectivity index (χ1) is 15.7. The molecule has 0 aromatic heterocycles. The molecule has 20 heteroatoms. The van der Waals surface area contributed by atoms with E-state index in [1.165, 1.54) is 0 Å². The van der Waals surface area contributed by atoms with Gasteiger partial charge < -0.3 is 0 Å². The molecule has 16 nitrogen and oxygen atoms in total. The van der Waals surface area contributed by atoms with Crippen molar-refractivity contribution in [3.05, 3.63) is 0 Å². The van der Waals surface area contributed by atoms with Gasteiger partial charge in [0, 0.05) is 51.9 Å². The van der Waals surface area contributed by atoms with Crippen LogP contribution in [0.15, 0.2) is 0 Å². The topological polar surface area (TPSA) is 280 Å². The van der Waals surface area contributed by atoms with E-state index < -0.39 is 101 Å². The van der Waals surface area contributed by atoms with Gasteiger partial charge in [0.15, 0.2) is 0 Å². The van der Waals surface area contributed by atoms with Crippen molar-refractivity contribution in [3.63, 3.8) is 0 Å². The Morgan fingerprint density at radius 3 is 1.03 bits per heavy atom. The van der Waals surface area contributed by atoms with E-state index in [1.54, 1.807) is 43.2 Å². The molecule has 0 radical (unpaired) electrons. The van der Waals surface area contributed by atoms with E-state index >= 15 is 0 Å². The Balaban J connectivity index is 7.12. The normalized spacial score (nSPS) is 12.7.